The third kappa shape index (κ3) is 5.71. The van der Waals surface area contributed by atoms with Crippen LogP contribution in [0.3, 0.4) is 0 Å². The molecule has 3 fully saturated rings. The number of fused-ring (bicyclic) bond motifs is 5. The highest BCUT2D eigenvalue weighted by molar-refractivity contribution is 5.89. The van der Waals surface area contributed by atoms with E-state index in [1.807, 2.05) is 30.3 Å². The first-order chi connectivity index (χ1) is 19.7. The number of ether oxygens (including phenoxy) is 3. The Morgan fingerprint density at radius 2 is 1.71 bits per heavy atom. The van der Waals surface area contributed by atoms with E-state index in [0.29, 0.717) is 29.7 Å². The minimum atomic E-state index is -0.470. The van der Waals surface area contributed by atoms with Gasteiger partial charge in [0, 0.05) is 32.9 Å². The Morgan fingerprint density at radius 3 is 2.44 bits per heavy atom. The smallest absolute Gasteiger partial charge is 0.407 e. The van der Waals surface area contributed by atoms with Gasteiger partial charge in [0.05, 0.1) is 12.2 Å². The first kappa shape index (κ1) is 29.5. The molecule has 2 N–H and O–H groups in total. The van der Waals surface area contributed by atoms with E-state index in [9.17, 15) is 14.4 Å². The largest absolute Gasteiger partial charge is 0.458 e. The van der Waals surface area contributed by atoms with Crippen molar-refractivity contribution < 1.29 is 28.6 Å². The molecule has 0 spiro atoms. The van der Waals surface area contributed by atoms with Crippen LogP contribution in [0.25, 0.3) is 0 Å². The average molecular weight is 567 g/mol. The van der Waals surface area contributed by atoms with Crippen LogP contribution < -0.4 is 10.6 Å². The van der Waals surface area contributed by atoms with Crippen LogP contribution in [0.1, 0.15) is 82.0 Å². The van der Waals surface area contributed by atoms with Crippen molar-refractivity contribution in [2.75, 3.05) is 20.7 Å². The highest BCUT2D eigenvalue weighted by atomic mass is 16.6. The second-order valence-corrected chi connectivity index (χ2v) is 13.0. The molecule has 0 saturated heterocycles. The van der Waals surface area contributed by atoms with Crippen molar-refractivity contribution in [3.05, 3.63) is 47.5 Å². The predicted octanol–water partition coefficient (Wildman–Crippen LogP) is 6.26. The highest BCUT2D eigenvalue weighted by Crippen LogP contribution is 2.67. The predicted molar refractivity (Wildman–Crippen MR) is 155 cm³/mol. The minimum Gasteiger partial charge on any atom is -0.458 e. The van der Waals surface area contributed by atoms with Gasteiger partial charge >= 0.3 is 18.2 Å². The molecule has 0 bridgehead atoms. The Kier molecular flexibility index (Phi) is 8.67. The number of esters is 1. The number of carbonyl (C=O) groups excluding carboxylic acids is 3. The van der Waals surface area contributed by atoms with Crippen molar-refractivity contribution in [3.63, 3.8) is 0 Å². The molecule has 4 aliphatic carbocycles. The van der Waals surface area contributed by atoms with Crippen LogP contribution in [0.5, 0.6) is 0 Å². The lowest BCUT2D eigenvalue weighted by atomic mass is 9.47. The summed E-state index contributed by atoms with van der Waals surface area (Å²) in [4.78, 5) is 36.7. The van der Waals surface area contributed by atoms with E-state index in [1.165, 1.54) is 12.6 Å². The molecule has 8 nitrogen and oxygen atoms in total. The number of carbonyl (C=O) groups is 3. The summed E-state index contributed by atoms with van der Waals surface area (Å²) < 4.78 is 17.2. The van der Waals surface area contributed by atoms with E-state index < -0.39 is 12.2 Å². The normalized spacial score (nSPS) is 34.5. The molecule has 41 heavy (non-hydrogen) atoms. The molecule has 8 heteroatoms. The van der Waals surface area contributed by atoms with E-state index in [0.717, 1.165) is 51.4 Å². The Balaban J connectivity index is 1.28. The van der Waals surface area contributed by atoms with E-state index in [2.05, 4.69) is 30.6 Å². The van der Waals surface area contributed by atoms with Crippen LogP contribution in [0.2, 0.25) is 0 Å². The molecule has 8 atom stereocenters. The third-order valence-electron chi connectivity index (χ3n) is 11.2. The third-order valence-corrected chi connectivity index (χ3v) is 11.2. The number of amides is 2. The van der Waals surface area contributed by atoms with Crippen LogP contribution in [0.4, 0.5) is 9.59 Å². The summed E-state index contributed by atoms with van der Waals surface area (Å²) in [5.41, 5.74) is 2.29. The molecule has 1 aromatic rings. The molecule has 0 aliphatic heterocycles. The Labute approximate surface area is 243 Å². The van der Waals surface area contributed by atoms with Gasteiger partial charge in [-0.1, -0.05) is 43.7 Å². The number of alkyl carbamates (subject to hydrolysis) is 2. The summed E-state index contributed by atoms with van der Waals surface area (Å²) in [5.74, 6) is 1.77. The summed E-state index contributed by atoms with van der Waals surface area (Å²) in [7, 11) is 3.12. The van der Waals surface area contributed by atoms with Gasteiger partial charge in [0.1, 0.15) is 12.2 Å². The average Bonchev–Trinajstić information content (AvgIpc) is 3.34. The van der Waals surface area contributed by atoms with E-state index in [-0.39, 0.29) is 41.5 Å². The standard InChI is InChI=1S/C33H46N2O6/c1-32-17-14-23(40-29(36)21-8-6-5-7-9-21)20-22(32)10-11-24-25-12-13-27(33(25,2)18-15-26(24)32)28(41-31(38)35-4)16-19-39-30(37)34-3/h5-10,23-28H,11-20H2,1-4H3,(H,34,37)(H,35,38)/t23-,24+,25+,26+,27-,28-,32+,33+/m1/s1. The van der Waals surface area contributed by atoms with Gasteiger partial charge < -0.3 is 24.8 Å². The van der Waals surface area contributed by atoms with Gasteiger partial charge in [-0.05, 0) is 85.7 Å². The number of nitrogens with one attached hydrogen (secondary N) is 2. The maximum atomic E-state index is 12.7. The number of benzene rings is 1. The fourth-order valence-electron chi connectivity index (χ4n) is 9.05. The molecule has 3 saturated carbocycles. The number of allylic oxidation sites excluding steroid dienone is 1. The summed E-state index contributed by atoms with van der Waals surface area (Å²) in [5, 5.41) is 5.08. The number of hydrogen-bond donors (Lipinski definition) is 2. The molecule has 0 unspecified atom stereocenters. The summed E-state index contributed by atoms with van der Waals surface area (Å²) in [6.07, 6.45) is 9.91. The quantitative estimate of drug-likeness (QED) is 0.229. The van der Waals surface area contributed by atoms with Crippen molar-refractivity contribution in [1.29, 1.82) is 0 Å². The lowest BCUT2D eigenvalue weighted by molar-refractivity contribution is -0.0760. The van der Waals surface area contributed by atoms with Gasteiger partial charge in [0.15, 0.2) is 0 Å². The molecule has 1 aromatic carbocycles. The molecule has 224 valence electrons. The fraction of sp³-hybridized carbons (Fsp3) is 0.667. The van der Waals surface area contributed by atoms with E-state index >= 15 is 0 Å². The highest BCUT2D eigenvalue weighted by Gasteiger charge is 2.60. The van der Waals surface area contributed by atoms with Crippen molar-refractivity contribution >= 4 is 18.2 Å². The maximum absolute atomic E-state index is 12.7. The second kappa shape index (κ2) is 12.1. The van der Waals surface area contributed by atoms with Gasteiger partial charge in [-0.15, -0.1) is 0 Å². The summed E-state index contributed by atoms with van der Waals surface area (Å²) in [6.45, 7) is 5.07. The lowest BCUT2D eigenvalue weighted by Crippen LogP contribution is -2.52. The number of hydrogen-bond acceptors (Lipinski definition) is 6. The van der Waals surface area contributed by atoms with Gasteiger partial charge in [-0.2, -0.15) is 0 Å². The van der Waals surface area contributed by atoms with Gasteiger partial charge in [-0.3, -0.25) is 0 Å². The Hall–Kier alpha value is -3.03. The Bertz CT molecular complexity index is 1150. The first-order valence-electron chi connectivity index (χ1n) is 15.4. The van der Waals surface area contributed by atoms with Gasteiger partial charge in [-0.25, -0.2) is 14.4 Å². The molecular formula is C33H46N2O6. The van der Waals surface area contributed by atoms with Crippen LogP contribution in [0.15, 0.2) is 42.0 Å². The fourth-order valence-corrected chi connectivity index (χ4v) is 9.05. The monoisotopic (exact) mass is 566 g/mol. The second-order valence-electron chi connectivity index (χ2n) is 13.0. The summed E-state index contributed by atoms with van der Waals surface area (Å²) in [6, 6.07) is 9.27. The van der Waals surface area contributed by atoms with Crippen LogP contribution in [-0.2, 0) is 14.2 Å². The molecule has 5 rings (SSSR count). The molecular weight excluding hydrogens is 520 g/mol. The SMILES string of the molecule is CNC(=O)OCC[C@@H](OC(=O)NC)[C@H]1CC[C@H]2[C@@H]3CC=C4C[C@H](OC(=O)c5ccccc5)CC[C@]4(C)[C@H]3CC[C@]12C. The van der Waals surface area contributed by atoms with Crippen molar-refractivity contribution in [3.8, 4) is 0 Å². The molecule has 0 aromatic heterocycles. The zero-order valence-corrected chi connectivity index (χ0v) is 24.9. The van der Waals surface area contributed by atoms with Crippen molar-refractivity contribution in [2.45, 2.75) is 83.8 Å². The van der Waals surface area contributed by atoms with Crippen LogP contribution in [-0.4, -0.2) is 51.1 Å². The number of rotatable bonds is 7. The molecule has 2 amide bonds. The lowest BCUT2D eigenvalue weighted by Gasteiger charge is -2.58. The van der Waals surface area contributed by atoms with Crippen molar-refractivity contribution in [1.82, 2.24) is 10.6 Å². The molecule has 0 heterocycles. The maximum Gasteiger partial charge on any atom is 0.407 e. The van der Waals surface area contributed by atoms with E-state index in [4.69, 9.17) is 14.2 Å². The van der Waals surface area contributed by atoms with Crippen LogP contribution >= 0.6 is 0 Å². The Morgan fingerprint density at radius 1 is 0.951 bits per heavy atom. The van der Waals surface area contributed by atoms with Gasteiger partial charge in [0.2, 0.25) is 0 Å². The molecule has 4 aliphatic rings. The van der Waals surface area contributed by atoms with Crippen molar-refractivity contribution in [2.24, 2.45) is 34.5 Å². The zero-order chi connectivity index (χ0) is 29.2. The van der Waals surface area contributed by atoms with Gasteiger partial charge in [0.25, 0.3) is 0 Å². The van der Waals surface area contributed by atoms with E-state index in [1.54, 1.807) is 7.05 Å². The topological polar surface area (TPSA) is 103 Å². The zero-order valence-electron chi connectivity index (χ0n) is 24.9. The minimum absolute atomic E-state index is 0.0665. The first-order valence-corrected chi connectivity index (χ1v) is 15.4. The molecule has 0 radical (unpaired) electrons. The van der Waals surface area contributed by atoms with Crippen LogP contribution in [0, 0.1) is 34.5 Å². The summed E-state index contributed by atoms with van der Waals surface area (Å²) >= 11 is 0.